The van der Waals surface area contributed by atoms with Gasteiger partial charge in [0.15, 0.2) is 0 Å². The lowest BCUT2D eigenvalue weighted by Crippen LogP contribution is -2.40. The van der Waals surface area contributed by atoms with Crippen molar-refractivity contribution < 1.29 is 24.5 Å². The van der Waals surface area contributed by atoms with E-state index < -0.39 is 24.1 Å². The van der Waals surface area contributed by atoms with Crippen molar-refractivity contribution in [3.63, 3.8) is 0 Å². The van der Waals surface area contributed by atoms with E-state index in [2.05, 4.69) is 39.8 Å². The smallest absolute Gasteiger partial charge is 0.320 e. The van der Waals surface area contributed by atoms with E-state index in [9.17, 15) is 14.7 Å². The van der Waals surface area contributed by atoms with Crippen molar-refractivity contribution in [1.29, 1.82) is 0 Å². The van der Waals surface area contributed by atoms with Crippen molar-refractivity contribution in [1.82, 2.24) is 0 Å². The molecule has 0 rings (SSSR count). The molecule has 0 saturated carbocycles. The fraction of sp³-hybridized carbons (Fsp3) is 0.630. The quantitative estimate of drug-likeness (QED) is 0.193. The highest BCUT2D eigenvalue weighted by molar-refractivity contribution is 6.03. The molecule has 0 aliphatic rings. The highest BCUT2D eigenvalue weighted by Gasteiger charge is 2.43. The number of ether oxygens (including phenoxy) is 1. The number of allylic oxidation sites excluding steroid dienone is 8. The first-order chi connectivity index (χ1) is 14.9. The molecule has 0 spiro atoms. The van der Waals surface area contributed by atoms with Gasteiger partial charge in [-0.25, -0.2) is 0 Å². The van der Waals surface area contributed by atoms with Crippen molar-refractivity contribution in [2.24, 2.45) is 5.41 Å². The summed E-state index contributed by atoms with van der Waals surface area (Å²) >= 11 is 0. The van der Waals surface area contributed by atoms with Crippen LogP contribution in [0.3, 0.4) is 0 Å². The van der Waals surface area contributed by atoms with Crippen LogP contribution in [0.4, 0.5) is 0 Å². The van der Waals surface area contributed by atoms with Crippen LogP contribution in [-0.4, -0.2) is 41.3 Å². The summed E-state index contributed by atoms with van der Waals surface area (Å²) in [7, 11) is 0. The largest absolute Gasteiger partial charge is 0.462 e. The van der Waals surface area contributed by atoms with Gasteiger partial charge in [0.05, 0.1) is 6.61 Å². The summed E-state index contributed by atoms with van der Waals surface area (Å²) in [5.41, 5.74) is 3.40. The second-order valence-corrected chi connectivity index (χ2v) is 9.22. The number of aliphatic hydroxyl groups excluding tert-OH is 2. The van der Waals surface area contributed by atoms with Crippen LogP contribution in [0, 0.1) is 5.41 Å². The number of hydrogen-bond donors (Lipinski definition) is 2. The zero-order valence-corrected chi connectivity index (χ0v) is 21.2. The lowest BCUT2D eigenvalue weighted by atomic mass is 9.76. The van der Waals surface area contributed by atoms with Crippen molar-refractivity contribution in [3.05, 3.63) is 46.6 Å². The van der Waals surface area contributed by atoms with Gasteiger partial charge in [-0.1, -0.05) is 46.6 Å². The molecule has 0 aromatic carbocycles. The van der Waals surface area contributed by atoms with Crippen LogP contribution < -0.4 is 0 Å². The Hall–Kier alpha value is -1.98. The van der Waals surface area contributed by atoms with Crippen LogP contribution in [0.15, 0.2) is 46.6 Å². The molecular formula is C27H44O5. The first-order valence-corrected chi connectivity index (χ1v) is 11.5. The minimum absolute atomic E-state index is 0.245. The van der Waals surface area contributed by atoms with Crippen molar-refractivity contribution >= 4 is 11.8 Å². The Bertz CT molecular complexity index is 676. The van der Waals surface area contributed by atoms with E-state index in [4.69, 9.17) is 9.84 Å². The molecular weight excluding hydrogens is 404 g/mol. The average Bonchev–Trinajstić information content (AvgIpc) is 2.71. The average molecular weight is 449 g/mol. The summed E-state index contributed by atoms with van der Waals surface area (Å²) < 4.78 is 5.26. The minimum atomic E-state index is -1.34. The molecule has 0 aromatic heterocycles. The van der Waals surface area contributed by atoms with Gasteiger partial charge in [0.25, 0.3) is 0 Å². The molecule has 0 radical (unpaired) electrons. The molecule has 5 heteroatoms. The maximum Gasteiger partial charge on any atom is 0.320 e. The van der Waals surface area contributed by atoms with Crippen LogP contribution in [0.2, 0.25) is 0 Å². The molecule has 0 amide bonds. The molecule has 0 bridgehead atoms. The van der Waals surface area contributed by atoms with Gasteiger partial charge in [0.2, 0.25) is 0 Å². The molecule has 1 atom stereocenters. The third-order valence-corrected chi connectivity index (χ3v) is 5.46. The molecule has 0 aliphatic carbocycles. The van der Waals surface area contributed by atoms with Gasteiger partial charge in [-0.15, -0.1) is 0 Å². The highest BCUT2D eigenvalue weighted by Crippen LogP contribution is 2.33. The molecule has 182 valence electrons. The Labute approximate surface area is 194 Å². The Morgan fingerprint density at radius 3 is 1.59 bits per heavy atom. The Morgan fingerprint density at radius 1 is 0.812 bits per heavy atom. The lowest BCUT2D eigenvalue weighted by Gasteiger charge is -2.28. The number of carbonyl (C=O) groups excluding carboxylic acids is 2. The minimum Gasteiger partial charge on any atom is -0.462 e. The molecule has 1 unspecified atom stereocenters. The van der Waals surface area contributed by atoms with E-state index in [0.29, 0.717) is 0 Å². The Kier molecular flexibility index (Phi) is 14.8. The summed E-state index contributed by atoms with van der Waals surface area (Å²) in [4.78, 5) is 25.8. The molecule has 0 heterocycles. The summed E-state index contributed by atoms with van der Waals surface area (Å²) in [6.07, 6.45) is 11.1. The fourth-order valence-electron chi connectivity index (χ4n) is 3.12. The van der Waals surface area contributed by atoms with Gasteiger partial charge in [-0.3, -0.25) is 9.59 Å². The van der Waals surface area contributed by atoms with Gasteiger partial charge in [-0.2, -0.15) is 0 Å². The molecule has 0 aromatic rings. The van der Waals surface area contributed by atoms with Crippen LogP contribution in [0.25, 0.3) is 0 Å². The van der Waals surface area contributed by atoms with Gasteiger partial charge in [0, 0.05) is 0 Å². The summed E-state index contributed by atoms with van der Waals surface area (Å²) in [6, 6.07) is 0. The Balaban J connectivity index is 5.68. The molecule has 0 aliphatic heterocycles. The summed E-state index contributed by atoms with van der Waals surface area (Å²) in [5.74, 6) is -0.915. The summed E-state index contributed by atoms with van der Waals surface area (Å²) in [6.45, 7) is 12.8. The maximum absolute atomic E-state index is 13.0. The first kappa shape index (κ1) is 30.0. The molecule has 0 fully saturated rings. The number of hydrogen-bond acceptors (Lipinski definition) is 5. The van der Waals surface area contributed by atoms with E-state index in [1.807, 2.05) is 26.0 Å². The van der Waals surface area contributed by atoms with Crippen LogP contribution in [0.1, 0.15) is 87.0 Å². The zero-order valence-electron chi connectivity index (χ0n) is 21.2. The molecule has 0 saturated heterocycles. The zero-order chi connectivity index (χ0) is 24.7. The highest BCUT2D eigenvalue weighted by atomic mass is 16.5. The van der Waals surface area contributed by atoms with Crippen molar-refractivity contribution in [2.75, 3.05) is 13.2 Å². The summed E-state index contributed by atoms with van der Waals surface area (Å²) in [5, 5.41) is 18.6. The van der Waals surface area contributed by atoms with E-state index in [-0.39, 0.29) is 25.2 Å². The predicted octanol–water partition coefficient (Wildman–Crippen LogP) is 5.62. The first-order valence-electron chi connectivity index (χ1n) is 11.5. The molecule has 5 nitrogen and oxygen atoms in total. The lowest BCUT2D eigenvalue weighted by molar-refractivity contribution is -0.162. The van der Waals surface area contributed by atoms with Gasteiger partial charge in [0.1, 0.15) is 23.9 Å². The third kappa shape index (κ3) is 12.2. The second-order valence-electron chi connectivity index (χ2n) is 9.22. The number of esters is 1. The van der Waals surface area contributed by atoms with E-state index in [1.165, 1.54) is 18.1 Å². The van der Waals surface area contributed by atoms with Gasteiger partial charge in [-0.05, 0) is 87.0 Å². The van der Waals surface area contributed by atoms with E-state index in [1.54, 1.807) is 0 Å². The number of aliphatic hydroxyl groups is 2. The predicted molar refractivity (Wildman–Crippen MR) is 131 cm³/mol. The van der Waals surface area contributed by atoms with Crippen molar-refractivity contribution in [3.8, 4) is 0 Å². The van der Waals surface area contributed by atoms with E-state index >= 15 is 0 Å². The molecule has 32 heavy (non-hydrogen) atoms. The maximum atomic E-state index is 13.0. The van der Waals surface area contributed by atoms with E-state index in [0.717, 1.165) is 36.8 Å². The second kappa shape index (κ2) is 15.8. The van der Waals surface area contributed by atoms with Crippen molar-refractivity contribution in [2.45, 2.75) is 93.1 Å². The standard InChI is InChI=1S/C27H44O5/c1-20(2)10-8-12-22(5)14-16-27(24(7)29,26(31)32-19-25(30)18-28)17-15-23(6)13-9-11-21(3)4/h10-11,14-15,25,28,30H,8-9,12-13,16-19H2,1-7H3/b22-14+,23-15+. The number of rotatable bonds is 15. The third-order valence-electron chi connectivity index (χ3n) is 5.46. The van der Waals surface area contributed by atoms with Crippen LogP contribution in [-0.2, 0) is 14.3 Å². The topological polar surface area (TPSA) is 83.8 Å². The Morgan fingerprint density at radius 2 is 1.25 bits per heavy atom. The monoisotopic (exact) mass is 448 g/mol. The van der Waals surface area contributed by atoms with Gasteiger partial charge < -0.3 is 14.9 Å². The SMILES string of the molecule is CC(=O)C(C/C=C(\C)CCC=C(C)C)(C/C=C(\C)CCC=C(C)C)C(=O)OCC(O)CO. The number of ketones is 1. The molecule has 2 N–H and O–H groups in total. The number of Topliss-reactive ketones (excluding diaryl/α,β-unsaturated/α-hetero) is 1. The van der Waals surface area contributed by atoms with Crippen LogP contribution in [0.5, 0.6) is 0 Å². The van der Waals surface area contributed by atoms with Crippen LogP contribution >= 0.6 is 0 Å². The number of carbonyl (C=O) groups is 2. The van der Waals surface area contributed by atoms with Gasteiger partial charge >= 0.3 is 5.97 Å². The fourth-order valence-corrected chi connectivity index (χ4v) is 3.12. The normalized spacial score (nSPS) is 13.4.